The standard InChI is InChI=1S/C12H9BrFNO/c1-2-8-5-12(16)15(7-8)11-6-9(14)3-4-10(11)13/h1,3-4,6,8H,5,7H2. The smallest absolute Gasteiger partial charge is 0.228 e. The predicted octanol–water partition coefficient (Wildman–Crippen LogP) is 2.57. The molecule has 1 unspecified atom stereocenters. The minimum absolute atomic E-state index is 0.0609. The molecule has 16 heavy (non-hydrogen) atoms. The van der Waals surface area contributed by atoms with Crippen molar-refractivity contribution in [3.63, 3.8) is 0 Å². The van der Waals surface area contributed by atoms with Crippen LogP contribution in [-0.2, 0) is 4.79 Å². The lowest BCUT2D eigenvalue weighted by atomic mass is 10.1. The number of halogens is 2. The highest BCUT2D eigenvalue weighted by Crippen LogP contribution is 2.31. The summed E-state index contributed by atoms with van der Waals surface area (Å²) in [6.45, 7) is 0.456. The molecule has 1 aliphatic rings. The first-order valence-corrected chi connectivity index (χ1v) is 5.62. The fraction of sp³-hybridized carbons (Fsp3) is 0.250. The lowest BCUT2D eigenvalue weighted by Crippen LogP contribution is -2.24. The molecule has 0 aliphatic carbocycles. The van der Waals surface area contributed by atoms with Gasteiger partial charge in [-0.2, -0.15) is 0 Å². The number of benzene rings is 1. The number of carbonyl (C=O) groups is 1. The van der Waals surface area contributed by atoms with Gasteiger partial charge in [-0.15, -0.1) is 12.3 Å². The summed E-state index contributed by atoms with van der Waals surface area (Å²) in [5.41, 5.74) is 0.544. The monoisotopic (exact) mass is 281 g/mol. The van der Waals surface area contributed by atoms with Gasteiger partial charge in [0.1, 0.15) is 5.82 Å². The summed E-state index contributed by atoms with van der Waals surface area (Å²) in [6.07, 6.45) is 5.62. The molecule has 82 valence electrons. The van der Waals surface area contributed by atoms with Gasteiger partial charge in [-0.3, -0.25) is 4.79 Å². The molecule has 0 N–H and O–H groups in total. The Bertz CT molecular complexity index is 480. The molecule has 0 spiro atoms. The zero-order valence-electron chi connectivity index (χ0n) is 8.41. The van der Waals surface area contributed by atoms with E-state index in [0.29, 0.717) is 23.1 Å². The van der Waals surface area contributed by atoms with E-state index in [1.807, 2.05) is 0 Å². The Morgan fingerprint density at radius 3 is 2.94 bits per heavy atom. The van der Waals surface area contributed by atoms with E-state index in [2.05, 4.69) is 21.9 Å². The van der Waals surface area contributed by atoms with E-state index in [4.69, 9.17) is 6.42 Å². The topological polar surface area (TPSA) is 20.3 Å². The Kier molecular flexibility index (Phi) is 2.97. The average Bonchev–Trinajstić information content (AvgIpc) is 2.63. The van der Waals surface area contributed by atoms with E-state index in [1.54, 1.807) is 6.07 Å². The van der Waals surface area contributed by atoms with Crippen LogP contribution in [0.1, 0.15) is 6.42 Å². The lowest BCUT2D eigenvalue weighted by molar-refractivity contribution is -0.117. The number of amides is 1. The summed E-state index contributed by atoms with van der Waals surface area (Å²) in [5.74, 6) is 2.05. The molecule has 0 radical (unpaired) electrons. The minimum atomic E-state index is -0.366. The minimum Gasteiger partial charge on any atom is -0.310 e. The third-order valence-corrected chi connectivity index (χ3v) is 3.23. The fourth-order valence-electron chi connectivity index (χ4n) is 1.74. The molecule has 4 heteroatoms. The molecule has 1 heterocycles. The highest BCUT2D eigenvalue weighted by molar-refractivity contribution is 9.10. The van der Waals surface area contributed by atoms with Gasteiger partial charge in [-0.1, -0.05) is 0 Å². The van der Waals surface area contributed by atoms with Gasteiger partial charge in [-0.25, -0.2) is 4.39 Å². The van der Waals surface area contributed by atoms with Crippen LogP contribution in [0.15, 0.2) is 22.7 Å². The van der Waals surface area contributed by atoms with Gasteiger partial charge in [0.25, 0.3) is 0 Å². The van der Waals surface area contributed by atoms with Crippen molar-refractivity contribution in [2.24, 2.45) is 5.92 Å². The van der Waals surface area contributed by atoms with Crippen LogP contribution in [0.4, 0.5) is 10.1 Å². The van der Waals surface area contributed by atoms with Crippen molar-refractivity contribution in [3.8, 4) is 12.3 Å². The summed E-state index contributed by atoms with van der Waals surface area (Å²) in [6, 6.07) is 4.26. The predicted molar refractivity (Wildman–Crippen MR) is 63.4 cm³/mol. The van der Waals surface area contributed by atoms with Crippen LogP contribution in [0.25, 0.3) is 0 Å². The number of rotatable bonds is 1. The molecule has 1 aromatic rings. The molecule has 0 aromatic heterocycles. The van der Waals surface area contributed by atoms with Crippen LogP contribution in [0.3, 0.4) is 0 Å². The van der Waals surface area contributed by atoms with E-state index in [0.717, 1.165) is 0 Å². The van der Waals surface area contributed by atoms with Crippen molar-refractivity contribution in [1.29, 1.82) is 0 Å². The second-order valence-corrected chi connectivity index (χ2v) is 4.52. The molecule has 1 aromatic carbocycles. The van der Waals surface area contributed by atoms with Crippen molar-refractivity contribution >= 4 is 27.5 Å². The highest BCUT2D eigenvalue weighted by atomic mass is 79.9. The Balaban J connectivity index is 2.35. The van der Waals surface area contributed by atoms with Crippen molar-refractivity contribution < 1.29 is 9.18 Å². The number of carbonyl (C=O) groups excluding carboxylic acids is 1. The van der Waals surface area contributed by atoms with Crippen molar-refractivity contribution in [1.82, 2.24) is 0 Å². The summed E-state index contributed by atoms with van der Waals surface area (Å²) in [4.78, 5) is 13.2. The third kappa shape index (κ3) is 1.96. The highest BCUT2D eigenvalue weighted by Gasteiger charge is 2.30. The van der Waals surface area contributed by atoms with E-state index in [1.165, 1.54) is 17.0 Å². The number of hydrogen-bond donors (Lipinski definition) is 0. The van der Waals surface area contributed by atoms with Crippen LogP contribution >= 0.6 is 15.9 Å². The summed E-state index contributed by atoms with van der Waals surface area (Å²) in [5, 5.41) is 0. The van der Waals surface area contributed by atoms with Crippen LogP contribution in [-0.4, -0.2) is 12.5 Å². The van der Waals surface area contributed by atoms with Crippen LogP contribution in [0, 0.1) is 24.1 Å². The second kappa shape index (κ2) is 4.26. The number of terminal acetylenes is 1. The van der Waals surface area contributed by atoms with E-state index >= 15 is 0 Å². The Hall–Kier alpha value is -1.34. The Morgan fingerprint density at radius 1 is 1.56 bits per heavy atom. The van der Waals surface area contributed by atoms with E-state index < -0.39 is 0 Å². The molecule has 0 bridgehead atoms. The Morgan fingerprint density at radius 2 is 2.31 bits per heavy atom. The second-order valence-electron chi connectivity index (χ2n) is 3.67. The molecule has 0 saturated carbocycles. The molecular weight excluding hydrogens is 273 g/mol. The van der Waals surface area contributed by atoms with Gasteiger partial charge < -0.3 is 4.90 Å². The lowest BCUT2D eigenvalue weighted by Gasteiger charge is -2.17. The van der Waals surface area contributed by atoms with Crippen LogP contribution in [0.2, 0.25) is 0 Å². The first kappa shape index (κ1) is 11.2. The molecule has 2 rings (SSSR count). The van der Waals surface area contributed by atoms with Crippen molar-refractivity contribution in [3.05, 3.63) is 28.5 Å². The van der Waals surface area contributed by atoms with Gasteiger partial charge in [0.2, 0.25) is 5.91 Å². The van der Waals surface area contributed by atoms with Crippen LogP contribution in [0.5, 0.6) is 0 Å². The number of anilines is 1. The molecule has 1 amide bonds. The average molecular weight is 282 g/mol. The van der Waals surface area contributed by atoms with E-state index in [9.17, 15) is 9.18 Å². The van der Waals surface area contributed by atoms with Gasteiger partial charge in [0.15, 0.2) is 0 Å². The van der Waals surface area contributed by atoms with Gasteiger partial charge in [0, 0.05) is 23.4 Å². The summed E-state index contributed by atoms with van der Waals surface area (Å²) in [7, 11) is 0. The SMILES string of the molecule is C#CC1CC(=O)N(c2cc(F)ccc2Br)C1. The maximum Gasteiger partial charge on any atom is 0.228 e. The molecule has 1 fully saturated rings. The Labute approximate surface area is 102 Å². The summed E-state index contributed by atoms with van der Waals surface area (Å²) < 4.78 is 13.8. The third-order valence-electron chi connectivity index (χ3n) is 2.56. The first-order chi connectivity index (χ1) is 7.61. The quantitative estimate of drug-likeness (QED) is 0.725. The molecule has 1 atom stereocenters. The zero-order chi connectivity index (χ0) is 11.7. The largest absolute Gasteiger partial charge is 0.310 e. The van der Waals surface area contributed by atoms with Gasteiger partial charge in [-0.05, 0) is 34.1 Å². The normalized spacial score (nSPS) is 19.9. The maximum atomic E-state index is 13.1. The van der Waals surface area contributed by atoms with E-state index in [-0.39, 0.29) is 17.6 Å². The van der Waals surface area contributed by atoms with Crippen LogP contribution < -0.4 is 4.90 Å². The molecule has 2 nitrogen and oxygen atoms in total. The zero-order valence-corrected chi connectivity index (χ0v) is 10.00. The molecular formula is C12H9BrFNO. The summed E-state index contributed by atoms with van der Waals surface area (Å²) >= 11 is 3.30. The van der Waals surface area contributed by atoms with Gasteiger partial charge in [0.05, 0.1) is 5.69 Å². The van der Waals surface area contributed by atoms with Crippen molar-refractivity contribution in [2.45, 2.75) is 6.42 Å². The molecule has 1 aliphatic heterocycles. The first-order valence-electron chi connectivity index (χ1n) is 4.83. The number of nitrogens with zero attached hydrogens (tertiary/aromatic N) is 1. The maximum absolute atomic E-state index is 13.1. The van der Waals surface area contributed by atoms with Gasteiger partial charge >= 0.3 is 0 Å². The fourth-order valence-corrected chi connectivity index (χ4v) is 2.21. The number of hydrogen-bond acceptors (Lipinski definition) is 1. The van der Waals surface area contributed by atoms with Crippen molar-refractivity contribution in [2.75, 3.05) is 11.4 Å². The molecule has 1 saturated heterocycles.